The van der Waals surface area contributed by atoms with Crippen molar-refractivity contribution < 1.29 is 9.47 Å². The van der Waals surface area contributed by atoms with Crippen LogP contribution in [0.3, 0.4) is 0 Å². The lowest BCUT2D eigenvalue weighted by molar-refractivity contribution is 0.0916. The van der Waals surface area contributed by atoms with Crippen LogP contribution in [0, 0.1) is 0 Å². The fourth-order valence-electron chi connectivity index (χ4n) is 3.79. The molecule has 0 aromatic heterocycles. The van der Waals surface area contributed by atoms with Crippen molar-refractivity contribution in [3.8, 4) is 11.5 Å². The van der Waals surface area contributed by atoms with Crippen LogP contribution in [0.2, 0.25) is 0 Å². The van der Waals surface area contributed by atoms with Gasteiger partial charge < -0.3 is 19.7 Å². The van der Waals surface area contributed by atoms with Crippen molar-refractivity contribution in [2.24, 2.45) is 0 Å². The smallest absolute Gasteiger partial charge is 0.161 e. The molecule has 0 radical (unpaired) electrons. The molecule has 2 aliphatic heterocycles. The molecule has 1 N–H and O–H groups in total. The minimum absolute atomic E-state index is 0.433. The van der Waals surface area contributed by atoms with Crippen LogP contribution in [0.15, 0.2) is 12.1 Å². The molecule has 0 bridgehead atoms. The first-order valence-corrected chi connectivity index (χ1v) is 8.68. The number of piperazine rings is 1. The standard InChI is InChI=1S/C18H29N3O2/c1-4-5-20-6-8-21(9-7-20)16-13-19-12-14-10-17(22-2)18(23-3)11-15(14)16/h10-11,16,19H,4-9,12-13H2,1-3H3/t16-/m1/s1. The molecule has 0 unspecified atom stereocenters. The first-order valence-electron chi connectivity index (χ1n) is 8.68. The van der Waals surface area contributed by atoms with Gasteiger partial charge in [-0.15, -0.1) is 0 Å². The third kappa shape index (κ3) is 3.47. The summed E-state index contributed by atoms with van der Waals surface area (Å²) in [6.07, 6.45) is 1.24. The largest absolute Gasteiger partial charge is 0.493 e. The molecule has 1 aromatic carbocycles. The number of methoxy groups -OCH3 is 2. The predicted molar refractivity (Wildman–Crippen MR) is 92.3 cm³/mol. The number of benzene rings is 1. The van der Waals surface area contributed by atoms with Crippen molar-refractivity contribution in [3.05, 3.63) is 23.3 Å². The minimum Gasteiger partial charge on any atom is -0.493 e. The fourth-order valence-corrected chi connectivity index (χ4v) is 3.79. The molecule has 0 amide bonds. The number of ether oxygens (including phenoxy) is 2. The Morgan fingerprint density at radius 1 is 1.09 bits per heavy atom. The normalized spacial score (nSPS) is 22.7. The molecule has 1 fully saturated rings. The van der Waals surface area contributed by atoms with Gasteiger partial charge in [0, 0.05) is 45.3 Å². The molecule has 5 heteroatoms. The highest BCUT2D eigenvalue weighted by Crippen LogP contribution is 2.37. The molecule has 0 saturated carbocycles. The topological polar surface area (TPSA) is 37.0 Å². The second-order valence-electron chi connectivity index (χ2n) is 6.43. The van der Waals surface area contributed by atoms with Gasteiger partial charge in [-0.1, -0.05) is 6.92 Å². The van der Waals surface area contributed by atoms with Gasteiger partial charge in [0.15, 0.2) is 11.5 Å². The number of hydrogen-bond acceptors (Lipinski definition) is 5. The number of nitrogens with one attached hydrogen (secondary N) is 1. The molecule has 0 spiro atoms. The van der Waals surface area contributed by atoms with E-state index in [0.29, 0.717) is 6.04 Å². The molecule has 2 aliphatic rings. The van der Waals surface area contributed by atoms with Crippen LogP contribution < -0.4 is 14.8 Å². The van der Waals surface area contributed by atoms with Gasteiger partial charge in [0.05, 0.1) is 14.2 Å². The van der Waals surface area contributed by atoms with E-state index in [0.717, 1.165) is 37.7 Å². The molecular formula is C18H29N3O2. The van der Waals surface area contributed by atoms with Gasteiger partial charge in [0.25, 0.3) is 0 Å². The van der Waals surface area contributed by atoms with Gasteiger partial charge in [-0.3, -0.25) is 4.90 Å². The Bertz CT molecular complexity index is 527. The monoisotopic (exact) mass is 319 g/mol. The fraction of sp³-hybridized carbons (Fsp3) is 0.667. The summed E-state index contributed by atoms with van der Waals surface area (Å²) in [4.78, 5) is 5.19. The average molecular weight is 319 g/mol. The van der Waals surface area contributed by atoms with Crippen molar-refractivity contribution in [3.63, 3.8) is 0 Å². The van der Waals surface area contributed by atoms with Gasteiger partial charge in [0.2, 0.25) is 0 Å². The Kier molecular flexibility index (Phi) is 5.41. The van der Waals surface area contributed by atoms with Crippen LogP contribution in [0.1, 0.15) is 30.5 Å². The van der Waals surface area contributed by atoms with E-state index in [4.69, 9.17) is 9.47 Å². The average Bonchev–Trinajstić information content (AvgIpc) is 2.61. The third-order valence-electron chi connectivity index (χ3n) is 5.05. The lowest BCUT2D eigenvalue weighted by Gasteiger charge is -2.41. The van der Waals surface area contributed by atoms with Crippen molar-refractivity contribution >= 4 is 0 Å². The summed E-state index contributed by atoms with van der Waals surface area (Å²) in [5.41, 5.74) is 2.72. The minimum atomic E-state index is 0.433. The van der Waals surface area contributed by atoms with E-state index < -0.39 is 0 Å². The summed E-state index contributed by atoms with van der Waals surface area (Å²) in [7, 11) is 3.41. The first-order chi connectivity index (χ1) is 11.3. The van der Waals surface area contributed by atoms with Crippen LogP contribution in [-0.2, 0) is 6.54 Å². The van der Waals surface area contributed by atoms with E-state index in [-0.39, 0.29) is 0 Å². The highest BCUT2D eigenvalue weighted by Gasteiger charge is 2.29. The van der Waals surface area contributed by atoms with E-state index in [1.54, 1.807) is 14.2 Å². The molecule has 1 aromatic rings. The first kappa shape index (κ1) is 16.6. The predicted octanol–water partition coefficient (Wildman–Crippen LogP) is 1.88. The molecule has 3 rings (SSSR count). The van der Waals surface area contributed by atoms with E-state index in [2.05, 4.69) is 34.2 Å². The molecule has 1 atom stereocenters. The summed E-state index contributed by atoms with van der Waals surface area (Å²) in [5, 5.41) is 3.56. The highest BCUT2D eigenvalue weighted by molar-refractivity contribution is 5.49. The number of rotatable bonds is 5. The molecule has 5 nitrogen and oxygen atoms in total. The Labute approximate surface area is 139 Å². The third-order valence-corrected chi connectivity index (χ3v) is 5.05. The summed E-state index contributed by atoms with van der Waals surface area (Å²) in [6.45, 7) is 10.0. The van der Waals surface area contributed by atoms with Crippen molar-refractivity contribution in [1.29, 1.82) is 0 Å². The molecule has 1 saturated heterocycles. The van der Waals surface area contributed by atoms with Crippen LogP contribution in [0.5, 0.6) is 11.5 Å². The summed E-state index contributed by atoms with van der Waals surface area (Å²) in [5.74, 6) is 1.66. The number of hydrogen-bond donors (Lipinski definition) is 1. The second kappa shape index (κ2) is 7.51. The Hall–Kier alpha value is -1.30. The van der Waals surface area contributed by atoms with Crippen molar-refractivity contribution in [1.82, 2.24) is 15.1 Å². The molecular weight excluding hydrogens is 290 g/mol. The lowest BCUT2D eigenvalue weighted by atomic mass is 9.94. The van der Waals surface area contributed by atoms with Crippen molar-refractivity contribution in [2.75, 3.05) is 53.5 Å². The van der Waals surface area contributed by atoms with Crippen LogP contribution in [0.4, 0.5) is 0 Å². The van der Waals surface area contributed by atoms with Gasteiger partial charge in [0.1, 0.15) is 0 Å². The second-order valence-corrected chi connectivity index (χ2v) is 6.43. The highest BCUT2D eigenvalue weighted by atomic mass is 16.5. The zero-order valence-electron chi connectivity index (χ0n) is 14.6. The maximum atomic E-state index is 5.51. The summed E-state index contributed by atoms with van der Waals surface area (Å²) < 4.78 is 11.0. The quantitative estimate of drug-likeness (QED) is 0.897. The van der Waals surface area contributed by atoms with Gasteiger partial charge in [-0.2, -0.15) is 0 Å². The van der Waals surface area contributed by atoms with Crippen LogP contribution >= 0.6 is 0 Å². The summed E-state index contributed by atoms with van der Waals surface area (Å²) >= 11 is 0. The Morgan fingerprint density at radius 2 is 1.78 bits per heavy atom. The van der Waals surface area contributed by atoms with Gasteiger partial charge in [-0.25, -0.2) is 0 Å². The Balaban J connectivity index is 1.79. The summed E-state index contributed by atoms with van der Waals surface area (Å²) in [6, 6.07) is 4.74. The Morgan fingerprint density at radius 3 is 2.43 bits per heavy atom. The van der Waals surface area contributed by atoms with Gasteiger partial charge in [-0.05, 0) is 36.2 Å². The van der Waals surface area contributed by atoms with Gasteiger partial charge >= 0.3 is 0 Å². The molecule has 128 valence electrons. The molecule has 0 aliphatic carbocycles. The number of fused-ring (bicyclic) bond motifs is 1. The van der Waals surface area contributed by atoms with E-state index >= 15 is 0 Å². The maximum absolute atomic E-state index is 5.51. The van der Waals surface area contributed by atoms with Crippen LogP contribution in [0.25, 0.3) is 0 Å². The van der Waals surface area contributed by atoms with Crippen LogP contribution in [-0.4, -0.2) is 63.3 Å². The number of nitrogens with zero attached hydrogens (tertiary/aromatic N) is 2. The SMILES string of the molecule is CCCN1CCN([C@@H]2CNCc3cc(OC)c(OC)cc32)CC1. The van der Waals surface area contributed by atoms with E-state index in [1.165, 1.54) is 37.2 Å². The maximum Gasteiger partial charge on any atom is 0.161 e. The molecule has 23 heavy (non-hydrogen) atoms. The van der Waals surface area contributed by atoms with Crippen molar-refractivity contribution in [2.45, 2.75) is 25.9 Å². The lowest BCUT2D eigenvalue weighted by Crippen LogP contribution is -2.50. The van der Waals surface area contributed by atoms with E-state index in [9.17, 15) is 0 Å². The zero-order valence-corrected chi connectivity index (χ0v) is 14.6. The van der Waals surface area contributed by atoms with E-state index in [1.807, 2.05) is 0 Å². The molecule has 2 heterocycles. The zero-order chi connectivity index (χ0) is 16.2.